The number of nitrogens with zero attached hydrogens (tertiary/aromatic N) is 3. The van der Waals surface area contributed by atoms with Crippen molar-refractivity contribution in [1.82, 2.24) is 15.0 Å². The van der Waals surface area contributed by atoms with E-state index in [1.54, 1.807) is 6.33 Å². The van der Waals surface area contributed by atoms with E-state index in [4.69, 9.17) is 0 Å². The Labute approximate surface area is 154 Å². The number of aromatic amines is 1. The first-order valence-electron chi connectivity index (χ1n) is 8.98. The molecule has 0 saturated heterocycles. The van der Waals surface area contributed by atoms with Gasteiger partial charge in [-0.25, -0.2) is 18.7 Å². The van der Waals surface area contributed by atoms with E-state index in [0.29, 0.717) is 23.5 Å². The Morgan fingerprint density at radius 1 is 1.35 bits per heavy atom. The lowest BCUT2D eigenvalue weighted by molar-refractivity contribution is -0.144. The molecule has 2 aromatic rings. The van der Waals surface area contributed by atoms with Gasteiger partial charge in [-0.3, -0.25) is 4.21 Å². The molecule has 5 nitrogen and oxygen atoms in total. The Morgan fingerprint density at radius 2 is 2.08 bits per heavy atom. The van der Waals surface area contributed by atoms with Gasteiger partial charge in [-0.2, -0.15) is 0 Å². The number of aromatic nitrogens is 3. The maximum Gasteiger partial charge on any atom is 0.249 e. The molecule has 2 fully saturated rings. The van der Waals surface area contributed by atoms with Gasteiger partial charge in [0.05, 0.1) is 5.39 Å². The van der Waals surface area contributed by atoms with Crippen LogP contribution in [0.4, 0.5) is 14.6 Å². The molecule has 0 aliphatic heterocycles. The van der Waals surface area contributed by atoms with E-state index in [1.165, 1.54) is 0 Å². The van der Waals surface area contributed by atoms with Crippen LogP contribution >= 0.6 is 0 Å². The average Bonchev–Trinajstić information content (AvgIpc) is 2.95. The molecule has 2 saturated carbocycles. The summed E-state index contributed by atoms with van der Waals surface area (Å²) in [6.45, 7) is 1.83. The first kappa shape index (κ1) is 17.8. The number of fused-ring (bicyclic) bond motifs is 1. The lowest BCUT2D eigenvalue weighted by Gasteiger charge is -2.45. The molecule has 142 valence electrons. The second-order valence-electron chi connectivity index (χ2n) is 8.31. The summed E-state index contributed by atoms with van der Waals surface area (Å²) in [6, 6.07) is 2.34. The second kappa shape index (κ2) is 6.25. The van der Waals surface area contributed by atoms with Crippen molar-refractivity contribution < 1.29 is 13.0 Å². The van der Waals surface area contributed by atoms with Crippen molar-refractivity contribution >= 4 is 27.7 Å². The summed E-state index contributed by atoms with van der Waals surface area (Å²) in [6.07, 6.45) is 5.10. The summed E-state index contributed by atoms with van der Waals surface area (Å²) >= 11 is 0. The van der Waals surface area contributed by atoms with Crippen LogP contribution in [-0.2, 0) is 10.8 Å². The number of alkyl halides is 2. The third-order valence-corrected chi connectivity index (χ3v) is 7.59. The third-order valence-electron chi connectivity index (χ3n) is 5.73. The van der Waals surface area contributed by atoms with E-state index in [1.807, 2.05) is 26.2 Å². The van der Waals surface area contributed by atoms with Gasteiger partial charge in [-0.05, 0) is 30.2 Å². The van der Waals surface area contributed by atoms with Crippen LogP contribution in [0, 0.1) is 11.3 Å². The fourth-order valence-electron chi connectivity index (χ4n) is 4.48. The van der Waals surface area contributed by atoms with Crippen molar-refractivity contribution in [1.29, 1.82) is 0 Å². The quantitative estimate of drug-likeness (QED) is 0.832. The monoisotopic (exact) mass is 382 g/mol. The van der Waals surface area contributed by atoms with E-state index >= 15 is 0 Å². The predicted molar refractivity (Wildman–Crippen MR) is 99.0 cm³/mol. The molecule has 0 amide bonds. The first-order valence-corrected chi connectivity index (χ1v) is 10.5. The number of H-pyrrole nitrogens is 1. The molecule has 2 aliphatic rings. The maximum absolute atomic E-state index is 13.1. The van der Waals surface area contributed by atoms with Crippen molar-refractivity contribution in [2.24, 2.45) is 11.3 Å². The molecule has 26 heavy (non-hydrogen) atoms. The van der Waals surface area contributed by atoms with Gasteiger partial charge in [-0.1, -0.05) is 6.92 Å². The normalized spacial score (nSPS) is 27.5. The summed E-state index contributed by atoms with van der Waals surface area (Å²) in [7, 11) is 1.01. The van der Waals surface area contributed by atoms with E-state index in [0.717, 1.165) is 29.7 Å². The van der Waals surface area contributed by atoms with Gasteiger partial charge in [0.15, 0.2) is 0 Å². The van der Waals surface area contributed by atoms with Gasteiger partial charge in [-0.15, -0.1) is 0 Å². The number of hydrogen-bond acceptors (Lipinski definition) is 4. The highest BCUT2D eigenvalue weighted by molar-refractivity contribution is 7.85. The van der Waals surface area contributed by atoms with E-state index < -0.39 is 22.1 Å². The summed E-state index contributed by atoms with van der Waals surface area (Å²) in [4.78, 5) is 13.9. The van der Waals surface area contributed by atoms with Gasteiger partial charge < -0.3 is 9.88 Å². The van der Waals surface area contributed by atoms with Gasteiger partial charge in [0.25, 0.3) is 0 Å². The fourth-order valence-corrected chi connectivity index (χ4v) is 6.37. The third kappa shape index (κ3) is 3.35. The Bertz CT molecular complexity index is 825. The zero-order valence-corrected chi connectivity index (χ0v) is 15.9. The molecule has 2 heterocycles. The summed E-state index contributed by atoms with van der Waals surface area (Å²) in [5, 5.41) is 1.00. The molecule has 1 N–H and O–H groups in total. The number of hydrogen-bond donors (Lipinski definition) is 1. The molecule has 4 rings (SSSR count). The number of anilines is 1. The molecule has 1 atom stereocenters. The fraction of sp³-hybridized carbons (Fsp3) is 0.667. The molecular formula is C18H24F2N4OS. The Balaban J connectivity index is 1.29. The van der Waals surface area contributed by atoms with E-state index in [9.17, 15) is 13.0 Å². The highest BCUT2D eigenvalue weighted by Crippen LogP contribution is 2.52. The number of rotatable bonds is 6. The maximum atomic E-state index is 13.1. The molecule has 0 spiro atoms. The molecule has 0 bridgehead atoms. The largest absolute Gasteiger partial charge is 0.356 e. The summed E-state index contributed by atoms with van der Waals surface area (Å²) in [5.74, 6) is -0.227. The minimum Gasteiger partial charge on any atom is -0.356 e. The zero-order valence-electron chi connectivity index (χ0n) is 15.0. The lowest BCUT2D eigenvalue weighted by atomic mass is 9.69. The van der Waals surface area contributed by atoms with Gasteiger partial charge in [0.1, 0.15) is 17.8 Å². The zero-order chi connectivity index (χ0) is 18.5. The van der Waals surface area contributed by atoms with Crippen molar-refractivity contribution in [2.45, 2.75) is 44.6 Å². The second-order valence-corrected chi connectivity index (χ2v) is 9.81. The molecule has 1 unspecified atom stereocenters. The Morgan fingerprint density at radius 3 is 2.77 bits per heavy atom. The minimum absolute atomic E-state index is 0.123. The van der Waals surface area contributed by atoms with Gasteiger partial charge in [0.2, 0.25) is 5.92 Å². The standard InChI is InChI=1S/C18H24F2N4OS/c1-17(8-18(19,20)9-17)10-26(25)7-12-5-13(6-12)24(2)16-14-3-4-21-15(14)22-11-23-16/h3-4,11-13H,5-10H2,1-2H3,(H,21,22,23). The van der Waals surface area contributed by atoms with Crippen LogP contribution in [0.2, 0.25) is 0 Å². The SMILES string of the molecule is CN(c1ncnc2[nH]ccc12)C1CC(CS(=O)CC2(C)CC(F)(F)C2)C1. The van der Waals surface area contributed by atoms with Crippen LogP contribution in [0.25, 0.3) is 11.0 Å². The van der Waals surface area contributed by atoms with E-state index in [-0.39, 0.29) is 12.8 Å². The van der Waals surface area contributed by atoms with Crippen LogP contribution in [-0.4, -0.2) is 49.7 Å². The van der Waals surface area contributed by atoms with Gasteiger partial charge in [0, 0.05) is 54.4 Å². The molecule has 8 heteroatoms. The topological polar surface area (TPSA) is 61.9 Å². The van der Waals surface area contributed by atoms with Crippen molar-refractivity contribution in [3.8, 4) is 0 Å². The van der Waals surface area contributed by atoms with Gasteiger partial charge >= 0.3 is 0 Å². The van der Waals surface area contributed by atoms with Crippen molar-refractivity contribution in [3.05, 3.63) is 18.6 Å². The van der Waals surface area contributed by atoms with Crippen molar-refractivity contribution in [2.75, 3.05) is 23.5 Å². The Hall–Kier alpha value is -1.57. The van der Waals surface area contributed by atoms with Crippen LogP contribution in [0.5, 0.6) is 0 Å². The average molecular weight is 382 g/mol. The predicted octanol–water partition coefficient (Wildman–Crippen LogP) is 3.36. The Kier molecular flexibility index (Phi) is 4.28. The number of halogens is 2. The van der Waals surface area contributed by atoms with Crippen LogP contribution in [0.1, 0.15) is 32.6 Å². The first-order chi connectivity index (χ1) is 12.2. The van der Waals surface area contributed by atoms with Crippen molar-refractivity contribution in [3.63, 3.8) is 0 Å². The molecular weight excluding hydrogens is 358 g/mol. The highest BCUT2D eigenvalue weighted by Gasteiger charge is 2.54. The smallest absolute Gasteiger partial charge is 0.249 e. The summed E-state index contributed by atoms with van der Waals surface area (Å²) in [5.41, 5.74) is 0.374. The molecule has 2 aliphatic carbocycles. The van der Waals surface area contributed by atoms with Crippen LogP contribution in [0.3, 0.4) is 0 Å². The summed E-state index contributed by atoms with van der Waals surface area (Å²) < 4.78 is 38.6. The molecule has 0 aromatic carbocycles. The lowest BCUT2D eigenvalue weighted by Crippen LogP contribution is -2.48. The highest BCUT2D eigenvalue weighted by atomic mass is 32.2. The van der Waals surface area contributed by atoms with Crippen LogP contribution in [0.15, 0.2) is 18.6 Å². The molecule has 0 radical (unpaired) electrons. The minimum atomic E-state index is -2.55. The number of nitrogens with one attached hydrogen (secondary N) is 1. The molecule has 2 aromatic heterocycles. The van der Waals surface area contributed by atoms with E-state index in [2.05, 4.69) is 19.9 Å². The van der Waals surface area contributed by atoms with Crippen LogP contribution < -0.4 is 4.90 Å².